The van der Waals surface area contributed by atoms with E-state index in [2.05, 4.69) is 53.1 Å². The summed E-state index contributed by atoms with van der Waals surface area (Å²) in [6.07, 6.45) is 4.68. The zero-order valence-electron chi connectivity index (χ0n) is 15.3. The minimum Gasteiger partial charge on any atom is -0.383 e. The number of nitrogens with zero attached hydrogens (tertiary/aromatic N) is 3. The van der Waals surface area contributed by atoms with Crippen LogP contribution in [0.1, 0.15) is 31.2 Å². The number of hydrogen-bond donors (Lipinski definition) is 1. The summed E-state index contributed by atoms with van der Waals surface area (Å²) in [7, 11) is 4.26. The Morgan fingerprint density at radius 3 is 2.46 bits per heavy atom. The summed E-state index contributed by atoms with van der Waals surface area (Å²) in [5.74, 6) is 0. The summed E-state index contributed by atoms with van der Waals surface area (Å²) in [5.41, 5.74) is 0.376. The largest absolute Gasteiger partial charge is 0.383 e. The van der Waals surface area contributed by atoms with Gasteiger partial charge in [0.15, 0.2) is 0 Å². The third kappa shape index (κ3) is 3.99. The first kappa shape index (κ1) is 17.9. The Hall–Kier alpha value is -0.940. The number of hydrogen-bond acceptors (Lipinski definition) is 4. The van der Waals surface area contributed by atoms with Crippen LogP contribution in [-0.2, 0) is 5.60 Å². The first-order valence-electron chi connectivity index (χ1n) is 9.48. The Labute approximate surface area is 147 Å². The van der Waals surface area contributed by atoms with Gasteiger partial charge in [-0.3, -0.25) is 4.90 Å². The third-order valence-corrected chi connectivity index (χ3v) is 5.76. The lowest BCUT2D eigenvalue weighted by atomic mass is 9.79. The van der Waals surface area contributed by atoms with Gasteiger partial charge in [-0.25, -0.2) is 0 Å². The van der Waals surface area contributed by atoms with E-state index in [4.69, 9.17) is 0 Å². The van der Waals surface area contributed by atoms with Gasteiger partial charge >= 0.3 is 0 Å². The van der Waals surface area contributed by atoms with Crippen molar-refractivity contribution in [2.24, 2.45) is 0 Å². The van der Waals surface area contributed by atoms with Gasteiger partial charge in [0.1, 0.15) is 5.60 Å². The first-order chi connectivity index (χ1) is 11.6. The standard InChI is InChI=1S/C20H33N3O/c1-21(2)15-16-22-14-11-20(24,18-9-5-3-6-10-18)19(17-22)23-12-7-4-8-13-23/h3,5-6,9-10,19,24H,4,7-8,11-17H2,1-2H3. The summed E-state index contributed by atoms with van der Waals surface area (Å²) in [4.78, 5) is 7.34. The van der Waals surface area contributed by atoms with Crippen LogP contribution in [0.5, 0.6) is 0 Å². The molecule has 2 saturated heterocycles. The molecule has 134 valence electrons. The maximum atomic E-state index is 11.7. The summed E-state index contributed by atoms with van der Waals surface area (Å²) >= 11 is 0. The van der Waals surface area contributed by atoms with Gasteiger partial charge in [-0.05, 0) is 52.0 Å². The summed E-state index contributed by atoms with van der Waals surface area (Å²) in [6.45, 7) is 6.37. The second-order valence-electron chi connectivity index (χ2n) is 7.76. The molecule has 2 aliphatic rings. The molecule has 0 aliphatic carbocycles. The molecule has 2 atom stereocenters. The molecular weight excluding hydrogens is 298 g/mol. The SMILES string of the molecule is CN(C)CCN1CCC(O)(c2ccccc2)C(N2CCCCC2)C1. The average molecular weight is 332 g/mol. The highest BCUT2D eigenvalue weighted by Crippen LogP contribution is 2.37. The second-order valence-corrected chi connectivity index (χ2v) is 7.76. The lowest BCUT2D eigenvalue weighted by Crippen LogP contribution is -2.62. The van der Waals surface area contributed by atoms with E-state index < -0.39 is 5.60 Å². The van der Waals surface area contributed by atoms with Crippen molar-refractivity contribution in [3.8, 4) is 0 Å². The predicted octanol–water partition coefficient (Wildman–Crippen LogP) is 2.00. The predicted molar refractivity (Wildman–Crippen MR) is 99.2 cm³/mol. The van der Waals surface area contributed by atoms with Crippen LogP contribution < -0.4 is 0 Å². The van der Waals surface area contributed by atoms with Crippen LogP contribution in [0.15, 0.2) is 30.3 Å². The number of piperidine rings is 2. The van der Waals surface area contributed by atoms with E-state index >= 15 is 0 Å². The van der Waals surface area contributed by atoms with E-state index in [0.29, 0.717) is 0 Å². The molecule has 2 aliphatic heterocycles. The quantitative estimate of drug-likeness (QED) is 0.894. The van der Waals surface area contributed by atoms with E-state index in [1.807, 2.05) is 6.07 Å². The number of aliphatic hydroxyl groups is 1. The second kappa shape index (κ2) is 7.96. The molecule has 0 amide bonds. The fourth-order valence-electron chi connectivity index (χ4n) is 4.24. The van der Waals surface area contributed by atoms with Gasteiger partial charge in [0.25, 0.3) is 0 Å². The summed E-state index contributed by atoms with van der Waals surface area (Å²) in [6, 6.07) is 10.6. The van der Waals surface area contributed by atoms with Crippen LogP contribution in [0, 0.1) is 0 Å². The summed E-state index contributed by atoms with van der Waals surface area (Å²) < 4.78 is 0. The minimum atomic E-state index is -0.715. The van der Waals surface area contributed by atoms with Gasteiger partial charge in [-0.15, -0.1) is 0 Å². The number of likely N-dealkylation sites (tertiary alicyclic amines) is 2. The smallest absolute Gasteiger partial charge is 0.108 e. The molecule has 2 fully saturated rings. The highest BCUT2D eigenvalue weighted by molar-refractivity contribution is 5.26. The van der Waals surface area contributed by atoms with Crippen LogP contribution >= 0.6 is 0 Å². The normalized spacial score (nSPS) is 29.9. The maximum Gasteiger partial charge on any atom is 0.108 e. The van der Waals surface area contributed by atoms with Crippen molar-refractivity contribution in [2.45, 2.75) is 37.3 Å². The van der Waals surface area contributed by atoms with Gasteiger partial charge in [-0.1, -0.05) is 36.8 Å². The maximum absolute atomic E-state index is 11.7. The molecule has 0 saturated carbocycles. The zero-order valence-corrected chi connectivity index (χ0v) is 15.3. The molecule has 1 N–H and O–H groups in total. The molecule has 0 bridgehead atoms. The molecule has 0 aromatic heterocycles. The number of rotatable bonds is 5. The first-order valence-corrected chi connectivity index (χ1v) is 9.48. The van der Waals surface area contributed by atoms with Crippen molar-refractivity contribution in [1.82, 2.24) is 14.7 Å². The Balaban J connectivity index is 1.79. The van der Waals surface area contributed by atoms with Crippen LogP contribution in [0.4, 0.5) is 0 Å². The van der Waals surface area contributed by atoms with Crippen molar-refractivity contribution in [3.63, 3.8) is 0 Å². The van der Waals surface area contributed by atoms with Crippen molar-refractivity contribution in [1.29, 1.82) is 0 Å². The lowest BCUT2D eigenvalue weighted by molar-refractivity contribution is -0.104. The van der Waals surface area contributed by atoms with Crippen molar-refractivity contribution in [2.75, 3.05) is 53.4 Å². The van der Waals surface area contributed by atoms with Gasteiger partial charge in [0.05, 0.1) is 6.04 Å². The Kier molecular flexibility index (Phi) is 5.93. The number of benzene rings is 1. The van der Waals surface area contributed by atoms with E-state index in [9.17, 15) is 5.11 Å². The Morgan fingerprint density at radius 1 is 1.08 bits per heavy atom. The molecular formula is C20H33N3O. The fraction of sp³-hybridized carbons (Fsp3) is 0.700. The van der Waals surface area contributed by atoms with Gasteiger partial charge in [0, 0.05) is 26.2 Å². The van der Waals surface area contributed by atoms with Crippen LogP contribution in [0.2, 0.25) is 0 Å². The molecule has 0 spiro atoms. The van der Waals surface area contributed by atoms with E-state index in [0.717, 1.165) is 51.3 Å². The van der Waals surface area contributed by atoms with Gasteiger partial charge in [0.2, 0.25) is 0 Å². The molecule has 4 heteroatoms. The van der Waals surface area contributed by atoms with Crippen LogP contribution in [0.25, 0.3) is 0 Å². The topological polar surface area (TPSA) is 30.0 Å². The van der Waals surface area contributed by atoms with Crippen molar-refractivity contribution >= 4 is 0 Å². The average Bonchev–Trinajstić information content (AvgIpc) is 2.62. The molecule has 24 heavy (non-hydrogen) atoms. The zero-order chi connectivity index (χ0) is 17.0. The Morgan fingerprint density at radius 2 is 1.79 bits per heavy atom. The molecule has 4 nitrogen and oxygen atoms in total. The van der Waals surface area contributed by atoms with Crippen LogP contribution in [-0.4, -0.2) is 79.2 Å². The molecule has 1 aromatic rings. The van der Waals surface area contributed by atoms with Crippen LogP contribution in [0.3, 0.4) is 0 Å². The minimum absolute atomic E-state index is 0.205. The van der Waals surface area contributed by atoms with E-state index in [1.165, 1.54) is 19.3 Å². The van der Waals surface area contributed by atoms with Gasteiger partial charge in [-0.2, -0.15) is 0 Å². The molecule has 1 aromatic carbocycles. The highest BCUT2D eigenvalue weighted by atomic mass is 16.3. The fourth-order valence-corrected chi connectivity index (χ4v) is 4.24. The molecule has 2 unspecified atom stereocenters. The monoisotopic (exact) mass is 331 g/mol. The highest BCUT2D eigenvalue weighted by Gasteiger charge is 2.45. The summed E-state index contributed by atoms with van der Waals surface area (Å²) in [5, 5.41) is 11.7. The lowest BCUT2D eigenvalue weighted by Gasteiger charge is -2.50. The van der Waals surface area contributed by atoms with E-state index in [-0.39, 0.29) is 6.04 Å². The third-order valence-electron chi connectivity index (χ3n) is 5.76. The Bertz CT molecular complexity index is 501. The number of likely N-dealkylation sites (N-methyl/N-ethyl adjacent to an activating group) is 1. The van der Waals surface area contributed by atoms with Crippen molar-refractivity contribution in [3.05, 3.63) is 35.9 Å². The molecule has 2 heterocycles. The van der Waals surface area contributed by atoms with E-state index in [1.54, 1.807) is 0 Å². The molecule has 3 rings (SSSR count). The van der Waals surface area contributed by atoms with Gasteiger partial charge < -0.3 is 14.9 Å². The molecule has 0 radical (unpaired) electrons. The van der Waals surface area contributed by atoms with Crippen molar-refractivity contribution < 1.29 is 5.11 Å².